The summed E-state index contributed by atoms with van der Waals surface area (Å²) in [4.78, 5) is 6.98. The van der Waals surface area contributed by atoms with Crippen molar-refractivity contribution in [3.8, 4) is 16.9 Å². The van der Waals surface area contributed by atoms with Crippen LogP contribution in [-0.2, 0) is 6.18 Å². The molecule has 3 aromatic rings. The van der Waals surface area contributed by atoms with Gasteiger partial charge in [-0.3, -0.25) is 0 Å². The summed E-state index contributed by atoms with van der Waals surface area (Å²) in [5.74, 6) is 1.17. The van der Waals surface area contributed by atoms with Crippen molar-refractivity contribution >= 4 is 17.6 Å². The van der Waals surface area contributed by atoms with E-state index in [-0.39, 0.29) is 4.90 Å². The van der Waals surface area contributed by atoms with Gasteiger partial charge in [0.15, 0.2) is 0 Å². The van der Waals surface area contributed by atoms with Crippen molar-refractivity contribution in [1.29, 1.82) is 0 Å². The summed E-state index contributed by atoms with van der Waals surface area (Å²) in [6, 6.07) is 14.8. The second kappa shape index (κ2) is 8.80. The fourth-order valence-corrected chi connectivity index (χ4v) is 4.62. The summed E-state index contributed by atoms with van der Waals surface area (Å²) >= 11 is 1.03. The van der Waals surface area contributed by atoms with E-state index in [0.717, 1.165) is 11.8 Å². The summed E-state index contributed by atoms with van der Waals surface area (Å²) < 4.78 is 47.0. The Labute approximate surface area is 182 Å². The van der Waals surface area contributed by atoms with Crippen molar-refractivity contribution in [2.24, 2.45) is 0 Å². The normalized spacial score (nSPS) is 16.5. The minimum Gasteiger partial charge on any atom is -0.496 e. The number of para-hydroxylation sites is 1. The number of aromatic nitrogens is 1. The minimum atomic E-state index is -4.50. The zero-order chi connectivity index (χ0) is 22.0. The van der Waals surface area contributed by atoms with Gasteiger partial charge >= 0.3 is 6.18 Å². The predicted octanol–water partition coefficient (Wildman–Crippen LogP) is 5.50. The highest BCUT2D eigenvalue weighted by atomic mass is 32.2. The zero-order valence-corrected chi connectivity index (χ0v) is 17.6. The number of halogens is 3. The molecule has 1 saturated heterocycles. The fourth-order valence-electron chi connectivity index (χ4n) is 3.56. The van der Waals surface area contributed by atoms with Gasteiger partial charge in [-0.25, -0.2) is 4.98 Å². The lowest BCUT2D eigenvalue weighted by molar-refractivity contribution is -0.139. The lowest BCUT2D eigenvalue weighted by Gasteiger charge is -2.18. The monoisotopic (exact) mass is 446 g/mol. The predicted molar refractivity (Wildman–Crippen MR) is 115 cm³/mol. The molecule has 1 N–H and O–H groups in total. The van der Waals surface area contributed by atoms with Crippen LogP contribution in [0, 0.1) is 0 Å². The van der Waals surface area contributed by atoms with Gasteiger partial charge in [-0.05, 0) is 53.9 Å². The molecule has 31 heavy (non-hydrogen) atoms. The molecule has 1 aliphatic heterocycles. The smallest absolute Gasteiger partial charge is 0.417 e. The molecule has 0 spiro atoms. The topological polar surface area (TPSA) is 45.6 Å². The van der Waals surface area contributed by atoms with Gasteiger partial charge in [-0.15, -0.1) is 0 Å². The van der Waals surface area contributed by atoms with E-state index in [4.69, 9.17) is 4.74 Å². The van der Waals surface area contributed by atoms with Gasteiger partial charge in [0.1, 0.15) is 11.6 Å². The van der Waals surface area contributed by atoms with E-state index < -0.39 is 17.8 Å². The highest BCUT2D eigenvalue weighted by Crippen LogP contribution is 2.43. The molecule has 2 aromatic carbocycles. The Morgan fingerprint density at radius 2 is 1.84 bits per heavy atom. The van der Waals surface area contributed by atoms with E-state index in [9.17, 15) is 18.3 Å². The molecule has 1 fully saturated rings. The van der Waals surface area contributed by atoms with Crippen molar-refractivity contribution < 1.29 is 23.0 Å². The number of ether oxygens (including phenoxy) is 1. The molecule has 2 heterocycles. The molecule has 8 heteroatoms. The average Bonchev–Trinajstić information content (AvgIpc) is 3.20. The van der Waals surface area contributed by atoms with E-state index in [1.165, 1.54) is 19.2 Å². The highest BCUT2D eigenvalue weighted by molar-refractivity contribution is 7.99. The molecular formula is C23H21F3N2O2S. The molecule has 0 amide bonds. The van der Waals surface area contributed by atoms with Gasteiger partial charge in [0.05, 0.1) is 23.7 Å². The zero-order valence-electron chi connectivity index (χ0n) is 16.8. The molecule has 0 unspecified atom stereocenters. The quantitative estimate of drug-likeness (QED) is 0.561. The second-order valence-corrected chi connectivity index (χ2v) is 8.34. The van der Waals surface area contributed by atoms with Crippen LogP contribution < -0.4 is 9.64 Å². The average molecular weight is 446 g/mol. The van der Waals surface area contributed by atoms with Crippen molar-refractivity contribution in [3.05, 3.63) is 66.4 Å². The van der Waals surface area contributed by atoms with E-state index in [1.807, 2.05) is 4.90 Å². The van der Waals surface area contributed by atoms with Crippen LogP contribution in [0.3, 0.4) is 0 Å². The van der Waals surface area contributed by atoms with Gasteiger partial charge in [-0.1, -0.05) is 30.0 Å². The summed E-state index contributed by atoms with van der Waals surface area (Å²) in [6.45, 7) is 1.14. The third-order valence-corrected chi connectivity index (χ3v) is 6.27. The molecule has 4 nitrogen and oxygen atoms in total. The van der Waals surface area contributed by atoms with Crippen molar-refractivity contribution in [2.75, 3.05) is 25.1 Å². The Morgan fingerprint density at radius 1 is 1.06 bits per heavy atom. The van der Waals surface area contributed by atoms with Crippen molar-refractivity contribution in [1.82, 2.24) is 4.98 Å². The number of nitrogens with zero attached hydrogens (tertiary/aromatic N) is 2. The number of rotatable bonds is 5. The number of benzene rings is 2. The SMILES string of the molecule is COc1ccccc1Sc1ccc(-c2ccnc(N3CC[C@@H](O)C3)c2)cc1C(F)(F)F. The summed E-state index contributed by atoms with van der Waals surface area (Å²) in [6.07, 6.45) is -2.68. The first kappa shape index (κ1) is 21.5. The van der Waals surface area contributed by atoms with Crippen molar-refractivity contribution in [3.63, 3.8) is 0 Å². The lowest BCUT2D eigenvalue weighted by atomic mass is 10.0. The number of pyridine rings is 1. The number of hydrogen-bond acceptors (Lipinski definition) is 5. The van der Waals surface area contributed by atoms with Gasteiger partial charge in [0, 0.05) is 24.2 Å². The van der Waals surface area contributed by atoms with Crippen LogP contribution >= 0.6 is 11.8 Å². The van der Waals surface area contributed by atoms with E-state index in [1.54, 1.807) is 48.7 Å². The Bertz CT molecular complexity index is 1070. The second-order valence-electron chi connectivity index (χ2n) is 7.25. The van der Waals surface area contributed by atoms with Gasteiger partial charge < -0.3 is 14.7 Å². The van der Waals surface area contributed by atoms with Gasteiger partial charge in [-0.2, -0.15) is 13.2 Å². The first-order valence-electron chi connectivity index (χ1n) is 9.76. The van der Waals surface area contributed by atoms with Gasteiger partial charge in [0.2, 0.25) is 0 Å². The summed E-state index contributed by atoms with van der Waals surface area (Å²) in [5, 5.41) is 9.76. The number of methoxy groups -OCH3 is 1. The minimum absolute atomic E-state index is 0.109. The maximum Gasteiger partial charge on any atom is 0.417 e. The van der Waals surface area contributed by atoms with Crippen LogP contribution in [0.4, 0.5) is 19.0 Å². The van der Waals surface area contributed by atoms with Crippen LogP contribution in [-0.4, -0.2) is 36.4 Å². The molecule has 0 radical (unpaired) electrons. The first-order valence-corrected chi connectivity index (χ1v) is 10.6. The Balaban J connectivity index is 1.69. The van der Waals surface area contributed by atoms with Crippen molar-refractivity contribution in [2.45, 2.75) is 28.5 Å². The largest absolute Gasteiger partial charge is 0.496 e. The number of anilines is 1. The standard InChI is InChI=1S/C23H21F3N2O2S/c1-30-19-4-2-3-5-21(19)31-20-7-6-15(12-18(20)23(24,25)26)16-8-10-27-22(13-16)28-11-9-17(29)14-28/h2-8,10,12-13,17,29H,9,11,14H2,1H3/t17-/m1/s1. The molecular weight excluding hydrogens is 425 g/mol. The van der Waals surface area contributed by atoms with E-state index >= 15 is 0 Å². The first-order chi connectivity index (χ1) is 14.8. The summed E-state index contributed by atoms with van der Waals surface area (Å²) in [7, 11) is 1.49. The van der Waals surface area contributed by atoms with Crippen LogP contribution in [0.25, 0.3) is 11.1 Å². The Morgan fingerprint density at radius 3 is 2.55 bits per heavy atom. The van der Waals surface area contributed by atoms with Gasteiger partial charge in [0.25, 0.3) is 0 Å². The third-order valence-electron chi connectivity index (χ3n) is 5.14. The molecule has 1 aromatic heterocycles. The Kier molecular flexibility index (Phi) is 6.11. The third kappa shape index (κ3) is 4.80. The van der Waals surface area contributed by atoms with E-state index in [0.29, 0.717) is 47.1 Å². The molecule has 1 atom stereocenters. The number of aliphatic hydroxyl groups is 1. The summed E-state index contributed by atoms with van der Waals surface area (Å²) in [5.41, 5.74) is 0.404. The van der Waals surface area contributed by atoms with Crippen LogP contribution in [0.15, 0.2) is 70.6 Å². The fraction of sp³-hybridized carbons (Fsp3) is 0.261. The molecule has 0 bridgehead atoms. The molecule has 1 aliphatic rings. The molecule has 0 aliphatic carbocycles. The Hall–Kier alpha value is -2.71. The number of aliphatic hydroxyl groups excluding tert-OH is 1. The van der Waals surface area contributed by atoms with Crippen LogP contribution in [0.1, 0.15) is 12.0 Å². The maximum atomic E-state index is 13.9. The number of hydrogen-bond donors (Lipinski definition) is 1. The lowest BCUT2D eigenvalue weighted by Crippen LogP contribution is -2.22. The molecule has 4 rings (SSSR count). The maximum absolute atomic E-state index is 13.9. The molecule has 162 valence electrons. The highest BCUT2D eigenvalue weighted by Gasteiger charge is 2.34. The van der Waals surface area contributed by atoms with E-state index in [2.05, 4.69) is 4.98 Å². The number of alkyl halides is 3. The van der Waals surface area contributed by atoms with Crippen LogP contribution in [0.2, 0.25) is 0 Å². The molecule has 0 saturated carbocycles. The number of β-amino-alcohol motifs (C(OH)–C–C–N with tert-alkyl or cyclic N) is 1. The van der Waals surface area contributed by atoms with Crippen LogP contribution in [0.5, 0.6) is 5.75 Å².